The lowest BCUT2D eigenvalue weighted by Crippen LogP contribution is -2.44. The van der Waals surface area contributed by atoms with Crippen molar-refractivity contribution in [3.63, 3.8) is 0 Å². The van der Waals surface area contributed by atoms with E-state index in [1.165, 1.54) is 24.3 Å². The molecule has 0 aliphatic carbocycles. The second kappa shape index (κ2) is 12.1. The summed E-state index contributed by atoms with van der Waals surface area (Å²) in [6.45, 7) is 3.97. The van der Waals surface area contributed by atoms with Gasteiger partial charge in [-0.25, -0.2) is 17.2 Å². The summed E-state index contributed by atoms with van der Waals surface area (Å²) in [4.78, 5) is 24.8. The number of benzene rings is 4. The number of hydrogen-bond donors (Lipinski definition) is 3. The molecular formula is C33H29F2N5O4S. The Hall–Kier alpha value is -5.07. The highest BCUT2D eigenvalue weighted by molar-refractivity contribution is 7.92. The molecule has 0 unspecified atom stereocenters. The van der Waals surface area contributed by atoms with E-state index in [1.807, 2.05) is 24.3 Å². The first kappa shape index (κ1) is 30.0. The maximum Gasteiger partial charge on any atom is 0.262 e. The monoisotopic (exact) mass is 629 g/mol. The van der Waals surface area contributed by atoms with Crippen molar-refractivity contribution in [2.24, 2.45) is 4.99 Å². The van der Waals surface area contributed by atoms with Crippen molar-refractivity contribution < 1.29 is 27.1 Å². The summed E-state index contributed by atoms with van der Waals surface area (Å²) in [5.41, 5.74) is 3.36. The van der Waals surface area contributed by atoms with Crippen LogP contribution in [0.1, 0.15) is 21.5 Å². The number of halogens is 2. The average Bonchev–Trinajstić information content (AvgIpc) is 3.33. The number of nitrogens with zero attached hydrogens (tertiary/aromatic N) is 3. The lowest BCUT2D eigenvalue weighted by atomic mass is 10.0. The highest BCUT2D eigenvalue weighted by atomic mass is 32.2. The molecule has 6 rings (SSSR count). The molecule has 2 heterocycles. The van der Waals surface area contributed by atoms with Gasteiger partial charge in [-0.2, -0.15) is 0 Å². The molecule has 9 nitrogen and oxygen atoms in total. The van der Waals surface area contributed by atoms with E-state index < -0.39 is 32.3 Å². The van der Waals surface area contributed by atoms with Crippen molar-refractivity contribution >= 4 is 50.0 Å². The molecule has 1 fully saturated rings. The number of fused-ring (bicyclic) bond motifs is 1. The minimum atomic E-state index is -4.32. The van der Waals surface area contributed by atoms with Crippen molar-refractivity contribution in [2.75, 3.05) is 42.8 Å². The van der Waals surface area contributed by atoms with E-state index in [4.69, 9.17) is 0 Å². The van der Waals surface area contributed by atoms with Gasteiger partial charge in [-0.15, -0.1) is 0 Å². The number of aromatic hydroxyl groups is 1. The smallest absolute Gasteiger partial charge is 0.262 e. The zero-order valence-electron chi connectivity index (χ0n) is 24.2. The Morgan fingerprint density at radius 2 is 1.60 bits per heavy atom. The van der Waals surface area contributed by atoms with Crippen LogP contribution in [0, 0.1) is 11.6 Å². The molecule has 0 radical (unpaired) electrons. The average molecular weight is 630 g/mol. The molecular weight excluding hydrogens is 600 g/mol. The number of hydrogen-bond acceptors (Lipinski definition) is 7. The first-order chi connectivity index (χ1) is 21.6. The first-order valence-corrected chi connectivity index (χ1v) is 15.6. The van der Waals surface area contributed by atoms with Crippen molar-refractivity contribution in [3.05, 3.63) is 113 Å². The fourth-order valence-corrected chi connectivity index (χ4v) is 6.31. The molecule has 4 aromatic carbocycles. The standard InChI is InChI=1S/C33H29F2N5O4S/c1-39-11-13-40(14-12-39)27-8-6-25(7-9-27)36-20-30-29-10-5-22(16-31(29)37-33(30)42)32(41)21-3-2-4-26(15-21)38-45(43,44)28-18-23(34)17-24(35)19-28/h2-10,15-20,37-38,42H,11-14H2,1H3. The number of aromatic amines is 1. The van der Waals surface area contributed by atoms with Crippen molar-refractivity contribution in [2.45, 2.75) is 4.90 Å². The lowest BCUT2D eigenvalue weighted by molar-refractivity contribution is 0.103. The molecule has 12 heteroatoms. The SMILES string of the molecule is CN1CCN(c2ccc(N=Cc3c(O)[nH]c4cc(C(=O)c5cccc(NS(=O)(=O)c6cc(F)cc(F)c6)c5)ccc34)cc2)CC1. The summed E-state index contributed by atoms with van der Waals surface area (Å²) in [5.74, 6) is -2.57. The van der Waals surface area contributed by atoms with Crippen LogP contribution >= 0.6 is 0 Å². The second-order valence-corrected chi connectivity index (χ2v) is 12.5. The molecule has 0 amide bonds. The first-order valence-electron chi connectivity index (χ1n) is 14.1. The molecule has 0 bridgehead atoms. The van der Waals surface area contributed by atoms with Gasteiger partial charge in [0, 0.05) is 71.9 Å². The topological polar surface area (TPSA) is 118 Å². The summed E-state index contributed by atoms with van der Waals surface area (Å²) >= 11 is 0. The Labute approximate surface area is 258 Å². The fourth-order valence-electron chi connectivity index (χ4n) is 5.22. The normalized spacial score (nSPS) is 14.3. The molecule has 0 atom stereocenters. The van der Waals surface area contributed by atoms with Gasteiger partial charge >= 0.3 is 0 Å². The van der Waals surface area contributed by atoms with Crippen LogP contribution in [0.3, 0.4) is 0 Å². The summed E-state index contributed by atoms with van der Waals surface area (Å²) in [5, 5.41) is 11.3. The van der Waals surface area contributed by atoms with Gasteiger partial charge in [0.25, 0.3) is 10.0 Å². The van der Waals surface area contributed by atoms with Crippen LogP contribution in [0.2, 0.25) is 0 Å². The summed E-state index contributed by atoms with van der Waals surface area (Å²) in [7, 11) is -2.20. The van der Waals surface area contributed by atoms with Crippen molar-refractivity contribution in [3.8, 4) is 5.88 Å². The molecule has 1 saturated heterocycles. The van der Waals surface area contributed by atoms with Crippen LogP contribution in [0.4, 0.5) is 25.8 Å². The zero-order valence-corrected chi connectivity index (χ0v) is 25.0. The number of piperazine rings is 1. The largest absolute Gasteiger partial charge is 0.494 e. The number of nitrogens with one attached hydrogen (secondary N) is 2. The highest BCUT2D eigenvalue weighted by Crippen LogP contribution is 2.29. The van der Waals surface area contributed by atoms with Gasteiger partial charge in [-0.3, -0.25) is 14.5 Å². The molecule has 0 saturated carbocycles. The van der Waals surface area contributed by atoms with Crippen molar-refractivity contribution in [1.29, 1.82) is 0 Å². The third-order valence-electron chi connectivity index (χ3n) is 7.66. The summed E-state index contributed by atoms with van der Waals surface area (Å²) in [6.07, 6.45) is 1.57. The maximum absolute atomic E-state index is 13.6. The Morgan fingerprint density at radius 1 is 0.911 bits per heavy atom. The van der Waals surface area contributed by atoms with E-state index in [-0.39, 0.29) is 17.1 Å². The van der Waals surface area contributed by atoms with E-state index in [2.05, 4.69) is 31.5 Å². The van der Waals surface area contributed by atoms with Crippen LogP contribution in [-0.4, -0.2) is 68.6 Å². The van der Waals surface area contributed by atoms with E-state index in [0.717, 1.165) is 37.6 Å². The zero-order chi connectivity index (χ0) is 31.7. The molecule has 1 aliphatic heterocycles. The minimum absolute atomic E-state index is 0.0409. The summed E-state index contributed by atoms with van der Waals surface area (Å²) in [6, 6.07) is 20.5. The second-order valence-electron chi connectivity index (χ2n) is 10.8. The van der Waals surface area contributed by atoms with Gasteiger partial charge in [0.15, 0.2) is 11.7 Å². The molecule has 1 aliphatic rings. The molecule has 3 N–H and O–H groups in total. The predicted molar refractivity (Wildman–Crippen MR) is 170 cm³/mol. The van der Waals surface area contributed by atoms with Gasteiger partial charge in [-0.05, 0) is 61.6 Å². The predicted octanol–water partition coefficient (Wildman–Crippen LogP) is 5.69. The Kier molecular flexibility index (Phi) is 8.09. The minimum Gasteiger partial charge on any atom is -0.494 e. The fraction of sp³-hybridized carbons (Fsp3) is 0.152. The summed E-state index contributed by atoms with van der Waals surface area (Å²) < 4.78 is 54.8. The third kappa shape index (κ3) is 6.56. The number of anilines is 2. The van der Waals surface area contributed by atoms with Gasteiger partial charge in [0.2, 0.25) is 0 Å². The quantitative estimate of drug-likeness (QED) is 0.150. The highest BCUT2D eigenvalue weighted by Gasteiger charge is 2.19. The Bertz CT molecular complexity index is 2020. The van der Waals surface area contributed by atoms with Gasteiger partial charge < -0.3 is 19.9 Å². The van der Waals surface area contributed by atoms with Crippen LogP contribution in [0.5, 0.6) is 5.88 Å². The number of rotatable bonds is 8. The Balaban J connectivity index is 1.19. The molecule has 230 valence electrons. The number of carbonyl (C=O) groups is 1. The van der Waals surface area contributed by atoms with Crippen LogP contribution in [0.25, 0.3) is 10.9 Å². The number of likely N-dealkylation sites (N-methyl/N-ethyl adjacent to an activating group) is 1. The molecule has 0 spiro atoms. The number of H-pyrrole nitrogens is 1. The number of aromatic nitrogens is 1. The maximum atomic E-state index is 13.6. The van der Waals surface area contributed by atoms with Crippen LogP contribution < -0.4 is 9.62 Å². The molecule has 1 aromatic heterocycles. The van der Waals surface area contributed by atoms with E-state index in [1.54, 1.807) is 24.4 Å². The van der Waals surface area contributed by atoms with Gasteiger partial charge in [0.1, 0.15) is 11.6 Å². The van der Waals surface area contributed by atoms with E-state index >= 15 is 0 Å². The number of aliphatic imine (C=N–C) groups is 1. The lowest BCUT2D eigenvalue weighted by Gasteiger charge is -2.34. The van der Waals surface area contributed by atoms with Crippen molar-refractivity contribution in [1.82, 2.24) is 9.88 Å². The molecule has 45 heavy (non-hydrogen) atoms. The Morgan fingerprint density at radius 3 is 2.31 bits per heavy atom. The van der Waals surface area contributed by atoms with Crippen LogP contribution in [-0.2, 0) is 10.0 Å². The van der Waals surface area contributed by atoms with E-state index in [0.29, 0.717) is 40.2 Å². The third-order valence-corrected chi connectivity index (χ3v) is 9.03. The number of ketones is 1. The van der Waals surface area contributed by atoms with Gasteiger partial charge in [-0.1, -0.05) is 24.3 Å². The number of carbonyl (C=O) groups excluding carboxylic acids is 1. The molecule has 5 aromatic rings. The number of sulfonamides is 1. The van der Waals surface area contributed by atoms with E-state index in [9.17, 15) is 27.1 Å². The van der Waals surface area contributed by atoms with Gasteiger partial charge in [0.05, 0.1) is 16.1 Å². The van der Waals surface area contributed by atoms with Crippen LogP contribution in [0.15, 0.2) is 94.8 Å².